The third-order valence-electron chi connectivity index (χ3n) is 1.03. The Morgan fingerprint density at radius 1 is 1.33 bits per heavy atom. The molecule has 0 radical (unpaired) electrons. The van der Waals surface area contributed by atoms with E-state index in [9.17, 15) is 0 Å². The van der Waals surface area contributed by atoms with Gasteiger partial charge in [-0.1, -0.05) is 5.16 Å². The lowest BCUT2D eigenvalue weighted by Crippen LogP contribution is -1.72. The van der Waals surface area contributed by atoms with Crippen LogP contribution in [0.5, 0.6) is 0 Å². The third kappa shape index (κ3) is 0.561. The van der Waals surface area contributed by atoms with E-state index in [4.69, 9.17) is 4.52 Å². The minimum absolute atomic E-state index is 0.532. The lowest BCUT2D eigenvalue weighted by atomic mass is 10.5. The second-order valence-corrected chi connectivity index (χ2v) is 1.61. The first-order valence-corrected chi connectivity index (χ1v) is 2.47. The van der Waals surface area contributed by atoms with Crippen LogP contribution in [0.3, 0.4) is 0 Å². The van der Waals surface area contributed by atoms with Crippen LogP contribution < -0.4 is 0 Å². The number of aromatic nitrogens is 3. The lowest BCUT2D eigenvalue weighted by Gasteiger charge is -1.77. The van der Waals surface area contributed by atoms with Crippen molar-refractivity contribution in [2.45, 2.75) is 0 Å². The van der Waals surface area contributed by atoms with Crippen molar-refractivity contribution >= 4 is 11.1 Å². The molecule has 0 aliphatic rings. The van der Waals surface area contributed by atoms with Gasteiger partial charge in [0, 0.05) is 6.20 Å². The van der Waals surface area contributed by atoms with Gasteiger partial charge in [-0.2, -0.15) is 4.98 Å². The van der Waals surface area contributed by atoms with Gasteiger partial charge in [0.1, 0.15) is 6.33 Å². The van der Waals surface area contributed by atoms with E-state index >= 15 is 0 Å². The zero-order valence-electron chi connectivity index (χ0n) is 4.48. The van der Waals surface area contributed by atoms with Gasteiger partial charge in [-0.05, 0) is 0 Å². The number of hydrogen-bond acceptors (Lipinski definition) is 4. The fraction of sp³-hybridized carbons (Fsp3) is 0. The van der Waals surface area contributed by atoms with Crippen molar-refractivity contribution in [3.63, 3.8) is 0 Å². The van der Waals surface area contributed by atoms with E-state index in [1.165, 1.54) is 6.33 Å². The first-order valence-electron chi connectivity index (χ1n) is 2.47. The summed E-state index contributed by atoms with van der Waals surface area (Å²) in [7, 11) is 0. The molecular weight excluding hydrogens is 118 g/mol. The summed E-state index contributed by atoms with van der Waals surface area (Å²) in [5.41, 5.74) is 0.532. The molecule has 0 spiro atoms. The quantitative estimate of drug-likeness (QED) is 0.512. The molecule has 2 heterocycles. The SMILES string of the molecule is c1ncc2cnoc2n1. The highest BCUT2D eigenvalue weighted by Gasteiger charge is 1.94. The standard InChI is InChI=1S/C5H3N3O/c1-4-2-8-9-5(4)7-3-6-1/h1-3H. The average molecular weight is 121 g/mol. The molecule has 0 fully saturated rings. The van der Waals surface area contributed by atoms with E-state index in [1.54, 1.807) is 12.4 Å². The minimum atomic E-state index is 0.532. The maximum atomic E-state index is 4.72. The van der Waals surface area contributed by atoms with Gasteiger partial charge in [-0.25, -0.2) is 4.98 Å². The van der Waals surface area contributed by atoms with Crippen LogP contribution in [0.15, 0.2) is 23.2 Å². The third-order valence-corrected chi connectivity index (χ3v) is 1.03. The summed E-state index contributed by atoms with van der Waals surface area (Å²) in [6, 6.07) is 0. The molecule has 0 amide bonds. The highest BCUT2D eigenvalue weighted by Crippen LogP contribution is 2.04. The molecule has 0 N–H and O–H groups in total. The topological polar surface area (TPSA) is 51.8 Å². The van der Waals surface area contributed by atoms with Gasteiger partial charge >= 0.3 is 0 Å². The molecule has 4 heteroatoms. The normalized spacial score (nSPS) is 10.2. The number of hydrogen-bond donors (Lipinski definition) is 0. The highest BCUT2D eigenvalue weighted by atomic mass is 16.5. The summed E-state index contributed by atoms with van der Waals surface area (Å²) in [6.45, 7) is 0. The maximum absolute atomic E-state index is 4.72. The molecule has 0 bridgehead atoms. The first-order chi connectivity index (χ1) is 4.47. The Balaban J connectivity index is 2.95. The van der Waals surface area contributed by atoms with Crippen LogP contribution in [0.1, 0.15) is 0 Å². The van der Waals surface area contributed by atoms with Crippen LogP contribution in [-0.2, 0) is 0 Å². The smallest absolute Gasteiger partial charge is 0.260 e. The summed E-state index contributed by atoms with van der Waals surface area (Å²) in [5.74, 6) is 0. The van der Waals surface area contributed by atoms with Crippen molar-refractivity contribution in [2.24, 2.45) is 0 Å². The summed E-state index contributed by atoms with van der Waals surface area (Å²) >= 11 is 0. The lowest BCUT2D eigenvalue weighted by molar-refractivity contribution is 0.448. The van der Waals surface area contributed by atoms with Gasteiger partial charge in [0.15, 0.2) is 0 Å². The Bertz CT molecular complexity index is 286. The molecule has 0 aliphatic heterocycles. The molecule has 0 aliphatic carbocycles. The summed E-state index contributed by atoms with van der Waals surface area (Å²) in [5, 5.41) is 4.35. The molecule has 9 heavy (non-hydrogen) atoms. The van der Waals surface area contributed by atoms with Crippen molar-refractivity contribution in [3.05, 3.63) is 18.7 Å². The summed E-state index contributed by atoms with van der Waals surface area (Å²) in [4.78, 5) is 7.57. The van der Waals surface area contributed by atoms with Gasteiger partial charge in [-0.15, -0.1) is 0 Å². The van der Waals surface area contributed by atoms with Crippen molar-refractivity contribution in [3.8, 4) is 0 Å². The second-order valence-electron chi connectivity index (χ2n) is 1.61. The molecule has 2 rings (SSSR count). The van der Waals surface area contributed by atoms with Gasteiger partial charge in [-0.3, -0.25) is 0 Å². The van der Waals surface area contributed by atoms with E-state index in [0.717, 1.165) is 5.39 Å². The zero-order valence-corrected chi connectivity index (χ0v) is 4.48. The van der Waals surface area contributed by atoms with Crippen molar-refractivity contribution < 1.29 is 4.52 Å². The van der Waals surface area contributed by atoms with Crippen LogP contribution in [0, 0.1) is 0 Å². The van der Waals surface area contributed by atoms with Gasteiger partial charge in [0.2, 0.25) is 0 Å². The molecule has 0 aromatic carbocycles. The molecule has 0 saturated carbocycles. The van der Waals surface area contributed by atoms with Crippen LogP contribution in [-0.4, -0.2) is 15.1 Å². The predicted molar refractivity (Wildman–Crippen MR) is 29.6 cm³/mol. The van der Waals surface area contributed by atoms with E-state index in [1.807, 2.05) is 0 Å². The monoisotopic (exact) mass is 121 g/mol. The summed E-state index contributed by atoms with van der Waals surface area (Å²) < 4.78 is 4.72. The van der Waals surface area contributed by atoms with Gasteiger partial charge in [0.25, 0.3) is 5.71 Å². The molecule has 0 saturated heterocycles. The van der Waals surface area contributed by atoms with Gasteiger partial charge in [0.05, 0.1) is 11.6 Å². The molecule has 44 valence electrons. The van der Waals surface area contributed by atoms with Crippen LogP contribution >= 0.6 is 0 Å². The summed E-state index contributed by atoms with van der Waals surface area (Å²) in [6.07, 6.45) is 4.65. The Morgan fingerprint density at radius 2 is 2.33 bits per heavy atom. The van der Waals surface area contributed by atoms with E-state index < -0.39 is 0 Å². The number of rotatable bonds is 0. The highest BCUT2D eigenvalue weighted by molar-refractivity contribution is 5.69. The fourth-order valence-corrected chi connectivity index (χ4v) is 0.627. The van der Waals surface area contributed by atoms with Gasteiger partial charge < -0.3 is 4.52 Å². The van der Waals surface area contributed by atoms with Crippen LogP contribution in [0.4, 0.5) is 0 Å². The Kier molecular flexibility index (Phi) is 0.745. The van der Waals surface area contributed by atoms with E-state index in [0.29, 0.717) is 5.71 Å². The largest absolute Gasteiger partial charge is 0.336 e. The zero-order chi connectivity index (χ0) is 6.10. The Morgan fingerprint density at radius 3 is 3.22 bits per heavy atom. The first kappa shape index (κ1) is 4.43. The molecule has 0 unspecified atom stereocenters. The molecule has 0 atom stereocenters. The number of nitrogens with zero attached hydrogens (tertiary/aromatic N) is 3. The molecule has 4 nitrogen and oxygen atoms in total. The van der Waals surface area contributed by atoms with Crippen molar-refractivity contribution in [2.75, 3.05) is 0 Å². The van der Waals surface area contributed by atoms with Crippen LogP contribution in [0.25, 0.3) is 11.1 Å². The van der Waals surface area contributed by atoms with Crippen molar-refractivity contribution in [1.29, 1.82) is 0 Å². The average Bonchev–Trinajstić information content (AvgIpc) is 2.33. The number of fused-ring (bicyclic) bond motifs is 1. The fourth-order valence-electron chi connectivity index (χ4n) is 0.627. The molecular formula is C5H3N3O. The molecule has 2 aromatic heterocycles. The van der Waals surface area contributed by atoms with E-state index in [-0.39, 0.29) is 0 Å². The van der Waals surface area contributed by atoms with Crippen LogP contribution in [0.2, 0.25) is 0 Å². The predicted octanol–water partition coefficient (Wildman–Crippen LogP) is 0.618. The Labute approximate surface area is 50.5 Å². The van der Waals surface area contributed by atoms with E-state index in [2.05, 4.69) is 15.1 Å². The molecule has 2 aromatic rings. The minimum Gasteiger partial charge on any atom is -0.336 e. The maximum Gasteiger partial charge on any atom is 0.260 e. The van der Waals surface area contributed by atoms with Crippen molar-refractivity contribution in [1.82, 2.24) is 15.1 Å². The Hall–Kier alpha value is -1.45. The second kappa shape index (κ2) is 1.51.